The molecular formula is C42H48O5S. The second kappa shape index (κ2) is 18.5. The Labute approximate surface area is 290 Å². The van der Waals surface area contributed by atoms with Crippen LogP contribution in [0.4, 0.5) is 0 Å². The normalized spacial score (nSPS) is 14.5. The molecule has 6 heteroatoms. The van der Waals surface area contributed by atoms with Gasteiger partial charge < -0.3 is 14.2 Å². The number of hydrogen-bond donors (Lipinski definition) is 0. The highest BCUT2D eigenvalue weighted by Crippen LogP contribution is 2.45. The van der Waals surface area contributed by atoms with Gasteiger partial charge in [0.25, 0.3) is 0 Å². The monoisotopic (exact) mass is 664 g/mol. The number of aryl methyl sites for hydroxylation is 3. The lowest BCUT2D eigenvalue weighted by atomic mass is 9.77. The summed E-state index contributed by atoms with van der Waals surface area (Å²) in [5.74, 6) is 2.45. The first kappa shape index (κ1) is 35.3. The van der Waals surface area contributed by atoms with Crippen LogP contribution in [-0.4, -0.2) is 31.9 Å². The summed E-state index contributed by atoms with van der Waals surface area (Å²) >= 11 is 1.83. The summed E-state index contributed by atoms with van der Waals surface area (Å²) in [6, 6.07) is 33.9. The van der Waals surface area contributed by atoms with Gasteiger partial charge in [0, 0.05) is 11.3 Å². The molecule has 1 heterocycles. The molecule has 0 amide bonds. The Bertz CT molecular complexity index is 1600. The van der Waals surface area contributed by atoms with E-state index in [2.05, 4.69) is 84.9 Å². The van der Waals surface area contributed by atoms with Crippen molar-refractivity contribution in [1.82, 2.24) is 0 Å². The highest BCUT2D eigenvalue weighted by Gasteiger charge is 2.29. The number of carbonyl (C=O) groups is 2. The van der Waals surface area contributed by atoms with E-state index < -0.39 is 0 Å². The molecular weight excluding hydrogens is 617 g/mol. The average molecular weight is 665 g/mol. The van der Waals surface area contributed by atoms with Gasteiger partial charge in [0.2, 0.25) is 0 Å². The molecule has 0 radical (unpaired) electrons. The topological polar surface area (TPSA) is 61.8 Å². The molecule has 5 nitrogen and oxygen atoms in total. The van der Waals surface area contributed by atoms with Gasteiger partial charge in [-0.3, -0.25) is 4.79 Å². The number of methoxy groups -OCH3 is 2. The molecule has 0 aliphatic carbocycles. The Morgan fingerprint density at radius 3 is 2.25 bits per heavy atom. The molecule has 252 valence electrons. The minimum absolute atomic E-state index is 0.137. The van der Waals surface area contributed by atoms with Gasteiger partial charge in [0.15, 0.2) is 0 Å². The molecule has 0 saturated heterocycles. The van der Waals surface area contributed by atoms with Crippen LogP contribution in [0.15, 0.2) is 102 Å². The molecule has 2 atom stereocenters. The van der Waals surface area contributed by atoms with Gasteiger partial charge in [-0.25, -0.2) is 4.79 Å². The number of ether oxygens (including phenoxy) is 3. The van der Waals surface area contributed by atoms with Gasteiger partial charge in [-0.15, -0.1) is 11.8 Å². The third-order valence-electron chi connectivity index (χ3n) is 9.49. The highest BCUT2D eigenvalue weighted by atomic mass is 32.2. The lowest BCUT2D eigenvalue weighted by Crippen LogP contribution is -2.19. The molecule has 1 aliphatic heterocycles. The Hall–Kier alpha value is -4.03. The average Bonchev–Trinajstić information content (AvgIpc) is 3.14. The second-order valence-electron chi connectivity index (χ2n) is 12.7. The van der Waals surface area contributed by atoms with Crippen LogP contribution in [-0.2, 0) is 40.1 Å². The molecule has 1 aliphatic rings. The third kappa shape index (κ3) is 10.2. The fraction of sp³-hybridized carbons (Fsp3) is 0.381. The van der Waals surface area contributed by atoms with E-state index >= 15 is 0 Å². The summed E-state index contributed by atoms with van der Waals surface area (Å²) in [5, 5.41) is 0. The minimum atomic E-state index is -0.293. The van der Waals surface area contributed by atoms with Crippen molar-refractivity contribution in [2.24, 2.45) is 5.92 Å². The Balaban J connectivity index is 1.22. The first-order chi connectivity index (χ1) is 23.5. The summed E-state index contributed by atoms with van der Waals surface area (Å²) in [6.45, 7) is 0.537. The molecule has 0 fully saturated rings. The van der Waals surface area contributed by atoms with Crippen molar-refractivity contribution in [2.45, 2.75) is 81.6 Å². The largest absolute Gasteiger partial charge is 0.489 e. The second-order valence-corrected chi connectivity index (χ2v) is 13.8. The van der Waals surface area contributed by atoms with Crippen molar-refractivity contribution < 1.29 is 23.8 Å². The minimum Gasteiger partial charge on any atom is -0.489 e. The van der Waals surface area contributed by atoms with E-state index in [1.54, 1.807) is 0 Å². The maximum absolute atomic E-state index is 12.2. The summed E-state index contributed by atoms with van der Waals surface area (Å²) in [4.78, 5) is 25.1. The molecule has 0 bridgehead atoms. The van der Waals surface area contributed by atoms with Crippen molar-refractivity contribution in [3.05, 3.63) is 130 Å². The number of thioether (sulfide) groups is 1. The fourth-order valence-corrected chi connectivity index (χ4v) is 7.93. The molecule has 1 unspecified atom stereocenters. The van der Waals surface area contributed by atoms with Crippen molar-refractivity contribution in [3.8, 4) is 5.75 Å². The zero-order chi connectivity index (χ0) is 33.6. The molecule has 0 spiro atoms. The van der Waals surface area contributed by atoms with E-state index in [1.807, 2.05) is 23.9 Å². The molecule has 0 saturated carbocycles. The summed E-state index contributed by atoms with van der Waals surface area (Å²) in [5.41, 5.74) is 7.05. The van der Waals surface area contributed by atoms with E-state index in [9.17, 15) is 9.59 Å². The Morgan fingerprint density at radius 1 is 0.750 bits per heavy atom. The van der Waals surface area contributed by atoms with Gasteiger partial charge in [-0.2, -0.15) is 0 Å². The van der Waals surface area contributed by atoms with Crippen LogP contribution < -0.4 is 4.74 Å². The number of esters is 2. The Kier molecular flexibility index (Phi) is 13.6. The lowest BCUT2D eigenvalue weighted by Gasteiger charge is -2.33. The van der Waals surface area contributed by atoms with Crippen LogP contribution in [0.3, 0.4) is 0 Å². The predicted octanol–water partition coefficient (Wildman–Crippen LogP) is 9.79. The molecule has 5 rings (SSSR count). The Morgan fingerprint density at radius 2 is 1.48 bits per heavy atom. The zero-order valence-electron chi connectivity index (χ0n) is 28.3. The van der Waals surface area contributed by atoms with Crippen molar-refractivity contribution in [3.63, 3.8) is 0 Å². The predicted molar refractivity (Wildman–Crippen MR) is 194 cm³/mol. The standard InChI is InChI=1S/C42H48O5S/c1-45-41(43)16-8-4-7-13-34(37-27-28-48-40-29-36(42(44)46-2)25-26-38(37)40)23-24-35-14-9-10-15-39(35)47-30-33-21-19-32(20-22-33)18-17-31-11-5-3-6-12-31/h3,5-6,9-12,14-15,19-22,25-26,29,34,37H,4,7-8,13,16-18,23-24,27-28,30H2,1-2H3/t34?,37-/m0/s1. The molecule has 48 heavy (non-hydrogen) atoms. The van der Waals surface area contributed by atoms with E-state index in [1.165, 1.54) is 46.9 Å². The fourth-order valence-electron chi connectivity index (χ4n) is 6.74. The highest BCUT2D eigenvalue weighted by molar-refractivity contribution is 7.99. The molecule has 4 aromatic carbocycles. The van der Waals surface area contributed by atoms with Crippen LogP contribution in [0.2, 0.25) is 0 Å². The first-order valence-corrected chi connectivity index (χ1v) is 18.3. The van der Waals surface area contributed by atoms with Crippen LogP contribution in [0.5, 0.6) is 5.75 Å². The molecule has 0 N–H and O–H groups in total. The van der Waals surface area contributed by atoms with E-state index in [4.69, 9.17) is 14.2 Å². The van der Waals surface area contributed by atoms with Crippen LogP contribution in [0, 0.1) is 5.92 Å². The van der Waals surface area contributed by atoms with Crippen LogP contribution >= 0.6 is 11.8 Å². The third-order valence-corrected chi connectivity index (χ3v) is 10.6. The van der Waals surface area contributed by atoms with Crippen molar-refractivity contribution in [1.29, 1.82) is 0 Å². The summed E-state index contributed by atoms with van der Waals surface area (Å²) < 4.78 is 16.3. The number of fused-ring (bicyclic) bond motifs is 1. The number of hydrogen-bond acceptors (Lipinski definition) is 6. The van der Waals surface area contributed by atoms with Gasteiger partial charge in [-0.1, -0.05) is 91.7 Å². The smallest absolute Gasteiger partial charge is 0.337 e. The van der Waals surface area contributed by atoms with Gasteiger partial charge in [0.1, 0.15) is 12.4 Å². The van der Waals surface area contributed by atoms with Gasteiger partial charge in [0.05, 0.1) is 19.8 Å². The molecule has 0 aromatic heterocycles. The van der Waals surface area contributed by atoms with Crippen LogP contribution in [0.25, 0.3) is 0 Å². The summed E-state index contributed by atoms with van der Waals surface area (Å²) in [6.07, 6.45) is 9.64. The lowest BCUT2D eigenvalue weighted by molar-refractivity contribution is -0.140. The van der Waals surface area contributed by atoms with E-state index in [0.717, 1.165) is 69.3 Å². The van der Waals surface area contributed by atoms with Gasteiger partial charge in [-0.05, 0) is 109 Å². The number of para-hydroxylation sites is 1. The summed E-state index contributed by atoms with van der Waals surface area (Å²) in [7, 11) is 2.88. The van der Waals surface area contributed by atoms with Crippen molar-refractivity contribution >= 4 is 23.7 Å². The first-order valence-electron chi connectivity index (χ1n) is 17.3. The molecule has 4 aromatic rings. The zero-order valence-corrected chi connectivity index (χ0v) is 29.1. The number of carbonyl (C=O) groups excluding carboxylic acids is 2. The quantitative estimate of drug-likeness (QED) is 0.0827. The van der Waals surface area contributed by atoms with E-state index in [-0.39, 0.29) is 11.9 Å². The number of benzene rings is 4. The number of unbranched alkanes of at least 4 members (excludes halogenated alkanes) is 2. The van der Waals surface area contributed by atoms with Gasteiger partial charge >= 0.3 is 11.9 Å². The maximum atomic E-state index is 12.2. The van der Waals surface area contributed by atoms with E-state index in [0.29, 0.717) is 30.4 Å². The number of rotatable bonds is 17. The van der Waals surface area contributed by atoms with Crippen molar-refractivity contribution in [2.75, 3.05) is 20.0 Å². The van der Waals surface area contributed by atoms with Crippen LogP contribution in [0.1, 0.15) is 89.0 Å². The maximum Gasteiger partial charge on any atom is 0.337 e. The SMILES string of the molecule is COC(=O)CCCCCC(CCc1ccccc1OCc1ccc(CCc2ccccc2)cc1)[C@@H]1CCSc2cc(C(=O)OC)ccc21.